The molecule has 2 aromatic rings. The van der Waals surface area contributed by atoms with E-state index < -0.39 is 17.5 Å². The van der Waals surface area contributed by atoms with Gasteiger partial charge >= 0.3 is 0 Å². The van der Waals surface area contributed by atoms with Crippen molar-refractivity contribution in [3.63, 3.8) is 0 Å². The fourth-order valence-electron chi connectivity index (χ4n) is 6.68. The standard InChI is InChI=1S/C32H42ClF3/c1-2-3-4-5-6-22-7-9-23(10-8-22)11-12-24-13-15-25(16-14-24)27-20-30(35)32(31(36)21-27)26-17-18-28(33)29(34)19-26/h17-25H,2-16H2,1H3/t22-,23-,24?,25?. The van der Waals surface area contributed by atoms with E-state index in [9.17, 15) is 13.2 Å². The lowest BCUT2D eigenvalue weighted by molar-refractivity contribution is 0.222. The Morgan fingerprint density at radius 2 is 1.22 bits per heavy atom. The van der Waals surface area contributed by atoms with Gasteiger partial charge in [-0.25, -0.2) is 13.2 Å². The monoisotopic (exact) mass is 518 g/mol. The van der Waals surface area contributed by atoms with Gasteiger partial charge in [-0.2, -0.15) is 0 Å². The molecular weight excluding hydrogens is 477 g/mol. The molecule has 0 amide bonds. The zero-order chi connectivity index (χ0) is 25.5. The maximum absolute atomic E-state index is 14.9. The van der Waals surface area contributed by atoms with Crippen LogP contribution in [0.25, 0.3) is 11.1 Å². The largest absolute Gasteiger partial charge is 0.206 e. The summed E-state index contributed by atoms with van der Waals surface area (Å²) in [6, 6.07) is 6.79. The third-order valence-electron chi connectivity index (χ3n) is 9.01. The summed E-state index contributed by atoms with van der Waals surface area (Å²) in [5.74, 6) is 0.890. The van der Waals surface area contributed by atoms with Gasteiger partial charge in [0.2, 0.25) is 0 Å². The average molecular weight is 519 g/mol. The van der Waals surface area contributed by atoms with Crippen molar-refractivity contribution >= 4 is 11.6 Å². The summed E-state index contributed by atoms with van der Waals surface area (Å²) < 4.78 is 43.7. The highest BCUT2D eigenvalue weighted by molar-refractivity contribution is 6.30. The molecule has 0 unspecified atom stereocenters. The van der Waals surface area contributed by atoms with Gasteiger partial charge in [-0.1, -0.05) is 95.2 Å². The zero-order valence-electron chi connectivity index (χ0n) is 21.8. The Morgan fingerprint density at radius 1 is 0.667 bits per heavy atom. The molecule has 198 valence electrons. The molecule has 0 spiro atoms. The van der Waals surface area contributed by atoms with Crippen molar-refractivity contribution in [2.24, 2.45) is 17.8 Å². The first-order valence-electron chi connectivity index (χ1n) is 14.4. The quantitative estimate of drug-likeness (QED) is 0.274. The molecule has 0 N–H and O–H groups in total. The summed E-state index contributed by atoms with van der Waals surface area (Å²) in [6.45, 7) is 2.28. The van der Waals surface area contributed by atoms with E-state index in [2.05, 4.69) is 6.92 Å². The second-order valence-corrected chi connectivity index (χ2v) is 11.9. The Morgan fingerprint density at radius 3 is 1.78 bits per heavy atom. The summed E-state index contributed by atoms with van der Waals surface area (Å²) in [5.41, 5.74) is 0.727. The number of halogens is 4. The van der Waals surface area contributed by atoms with Gasteiger partial charge in [0, 0.05) is 0 Å². The minimum atomic E-state index is -0.675. The normalized spacial score (nSPS) is 24.7. The molecule has 4 rings (SSSR count). The van der Waals surface area contributed by atoms with Gasteiger partial charge in [0.05, 0.1) is 10.6 Å². The third kappa shape index (κ3) is 7.30. The van der Waals surface area contributed by atoms with Gasteiger partial charge in [0.1, 0.15) is 17.5 Å². The van der Waals surface area contributed by atoms with Crippen molar-refractivity contribution in [2.75, 3.05) is 0 Å². The second-order valence-electron chi connectivity index (χ2n) is 11.5. The van der Waals surface area contributed by atoms with Crippen LogP contribution in [0.1, 0.15) is 115 Å². The number of benzene rings is 2. The van der Waals surface area contributed by atoms with E-state index >= 15 is 0 Å². The van der Waals surface area contributed by atoms with Gasteiger partial charge in [0.25, 0.3) is 0 Å². The van der Waals surface area contributed by atoms with E-state index in [4.69, 9.17) is 11.6 Å². The first-order chi connectivity index (χ1) is 17.4. The number of hydrogen-bond acceptors (Lipinski definition) is 0. The summed E-state index contributed by atoms with van der Waals surface area (Å²) in [5, 5.41) is -0.0570. The smallest absolute Gasteiger partial charge is 0.142 e. The molecule has 2 aliphatic carbocycles. The predicted molar refractivity (Wildman–Crippen MR) is 145 cm³/mol. The maximum atomic E-state index is 14.9. The summed E-state index contributed by atoms with van der Waals surface area (Å²) in [7, 11) is 0. The maximum Gasteiger partial charge on any atom is 0.142 e. The Balaban J connectivity index is 1.22. The molecule has 0 saturated heterocycles. The molecule has 2 aromatic carbocycles. The van der Waals surface area contributed by atoms with E-state index in [-0.39, 0.29) is 22.1 Å². The van der Waals surface area contributed by atoms with E-state index in [1.165, 1.54) is 94.9 Å². The van der Waals surface area contributed by atoms with E-state index in [1.54, 1.807) is 0 Å². The summed E-state index contributed by atoms with van der Waals surface area (Å²) in [4.78, 5) is 0. The van der Waals surface area contributed by atoms with Gasteiger partial charge in [0.15, 0.2) is 0 Å². The molecule has 2 aliphatic rings. The predicted octanol–water partition coefficient (Wildman–Crippen LogP) is 11.3. The Kier molecular flexibility index (Phi) is 10.2. The van der Waals surface area contributed by atoms with Crippen molar-refractivity contribution in [1.29, 1.82) is 0 Å². The van der Waals surface area contributed by atoms with Crippen LogP contribution >= 0.6 is 11.6 Å². The van der Waals surface area contributed by atoms with Crippen molar-refractivity contribution in [2.45, 2.75) is 109 Å². The molecule has 36 heavy (non-hydrogen) atoms. The van der Waals surface area contributed by atoms with E-state index in [1.807, 2.05) is 0 Å². The Bertz CT molecular complexity index is 948. The fraction of sp³-hybridized carbons (Fsp3) is 0.625. The van der Waals surface area contributed by atoms with Gasteiger partial charge < -0.3 is 0 Å². The molecule has 0 aliphatic heterocycles. The first kappa shape index (κ1) is 27.6. The van der Waals surface area contributed by atoms with Crippen LogP contribution in [0.15, 0.2) is 30.3 Å². The highest BCUT2D eigenvalue weighted by Gasteiger charge is 2.26. The summed E-state index contributed by atoms with van der Waals surface area (Å²) >= 11 is 5.72. The zero-order valence-corrected chi connectivity index (χ0v) is 22.6. The average Bonchev–Trinajstić information content (AvgIpc) is 2.88. The minimum absolute atomic E-state index is 0.0570. The number of hydrogen-bond donors (Lipinski definition) is 0. The Labute approximate surface area is 221 Å². The lowest BCUT2D eigenvalue weighted by atomic mass is 9.74. The van der Waals surface area contributed by atoms with Crippen LogP contribution in [0.4, 0.5) is 13.2 Å². The molecule has 0 atom stereocenters. The highest BCUT2D eigenvalue weighted by Crippen LogP contribution is 2.41. The molecular formula is C32H42ClF3. The third-order valence-corrected chi connectivity index (χ3v) is 9.31. The number of rotatable bonds is 10. The van der Waals surface area contributed by atoms with Crippen molar-refractivity contribution in [3.05, 3.63) is 58.4 Å². The highest BCUT2D eigenvalue weighted by atomic mass is 35.5. The Hall–Kier alpha value is -1.48. The first-order valence-corrected chi connectivity index (χ1v) is 14.8. The lowest BCUT2D eigenvalue weighted by Crippen LogP contribution is -2.18. The molecule has 0 heterocycles. The van der Waals surface area contributed by atoms with Gasteiger partial charge in [-0.15, -0.1) is 0 Å². The SMILES string of the molecule is CCCCCC[C@H]1CC[C@H](CCC2CCC(c3cc(F)c(-c4ccc(Cl)c(F)c4)c(F)c3)CC2)CC1. The molecule has 2 fully saturated rings. The minimum Gasteiger partial charge on any atom is -0.206 e. The topological polar surface area (TPSA) is 0 Å². The van der Waals surface area contributed by atoms with E-state index in [0.717, 1.165) is 55.1 Å². The van der Waals surface area contributed by atoms with Crippen LogP contribution in [0, 0.1) is 35.2 Å². The lowest BCUT2D eigenvalue weighted by Gasteiger charge is -2.32. The molecule has 0 aromatic heterocycles. The van der Waals surface area contributed by atoms with Crippen LogP contribution < -0.4 is 0 Å². The van der Waals surface area contributed by atoms with Crippen LogP contribution in [-0.4, -0.2) is 0 Å². The van der Waals surface area contributed by atoms with Crippen LogP contribution in [0.5, 0.6) is 0 Å². The molecule has 0 bridgehead atoms. The molecule has 0 nitrogen and oxygen atoms in total. The van der Waals surface area contributed by atoms with Crippen molar-refractivity contribution in [1.82, 2.24) is 0 Å². The molecule has 2 saturated carbocycles. The van der Waals surface area contributed by atoms with Crippen LogP contribution in [0.2, 0.25) is 5.02 Å². The van der Waals surface area contributed by atoms with Crippen LogP contribution in [-0.2, 0) is 0 Å². The molecule has 4 heteroatoms. The van der Waals surface area contributed by atoms with Crippen molar-refractivity contribution < 1.29 is 13.2 Å². The van der Waals surface area contributed by atoms with Gasteiger partial charge in [-0.05, 0) is 84.7 Å². The van der Waals surface area contributed by atoms with Gasteiger partial charge in [-0.3, -0.25) is 0 Å². The van der Waals surface area contributed by atoms with Crippen molar-refractivity contribution in [3.8, 4) is 11.1 Å². The number of unbranched alkanes of at least 4 members (excludes halogenated alkanes) is 3. The summed E-state index contributed by atoms with van der Waals surface area (Å²) in [6.07, 6.45) is 19.6. The van der Waals surface area contributed by atoms with E-state index in [0.29, 0.717) is 0 Å². The van der Waals surface area contributed by atoms with Crippen LogP contribution in [0.3, 0.4) is 0 Å². The fourth-order valence-corrected chi connectivity index (χ4v) is 6.80. The molecule has 0 radical (unpaired) electrons. The second kappa shape index (κ2) is 13.4.